The SMILES string of the molecule is CCC(CC)(CC)NC(=O)C(C)CNC. The van der Waals surface area contributed by atoms with Gasteiger partial charge in [0.25, 0.3) is 0 Å². The van der Waals surface area contributed by atoms with Gasteiger partial charge in [-0.2, -0.15) is 0 Å². The number of amides is 1. The third kappa shape index (κ3) is 4.20. The van der Waals surface area contributed by atoms with Gasteiger partial charge in [-0.1, -0.05) is 27.7 Å². The van der Waals surface area contributed by atoms with Crippen LogP contribution in [0.25, 0.3) is 0 Å². The van der Waals surface area contributed by atoms with Crippen LogP contribution in [-0.4, -0.2) is 25.0 Å². The summed E-state index contributed by atoms with van der Waals surface area (Å²) in [5.74, 6) is 0.203. The van der Waals surface area contributed by atoms with Crippen molar-refractivity contribution in [3.8, 4) is 0 Å². The number of hydrogen-bond donors (Lipinski definition) is 2. The van der Waals surface area contributed by atoms with Crippen LogP contribution in [0, 0.1) is 5.92 Å². The number of rotatable bonds is 7. The Hall–Kier alpha value is -0.570. The Morgan fingerprint density at radius 1 is 1.20 bits per heavy atom. The lowest BCUT2D eigenvalue weighted by molar-refractivity contribution is -0.126. The third-order valence-corrected chi connectivity index (χ3v) is 3.38. The normalized spacial score (nSPS) is 13.7. The fourth-order valence-corrected chi connectivity index (χ4v) is 1.80. The first-order chi connectivity index (χ1) is 7.05. The Morgan fingerprint density at radius 3 is 2.00 bits per heavy atom. The van der Waals surface area contributed by atoms with Crippen molar-refractivity contribution in [3.05, 3.63) is 0 Å². The van der Waals surface area contributed by atoms with Crippen LogP contribution in [0.4, 0.5) is 0 Å². The van der Waals surface area contributed by atoms with E-state index in [0.717, 1.165) is 25.8 Å². The Morgan fingerprint density at radius 2 is 1.67 bits per heavy atom. The fraction of sp³-hybridized carbons (Fsp3) is 0.917. The first-order valence-corrected chi connectivity index (χ1v) is 6.01. The lowest BCUT2D eigenvalue weighted by Gasteiger charge is -2.33. The summed E-state index contributed by atoms with van der Waals surface area (Å²) in [7, 11) is 1.87. The maximum atomic E-state index is 11.9. The largest absolute Gasteiger partial charge is 0.350 e. The smallest absolute Gasteiger partial charge is 0.224 e. The van der Waals surface area contributed by atoms with Crippen LogP contribution < -0.4 is 10.6 Å². The molecule has 0 fully saturated rings. The van der Waals surface area contributed by atoms with Crippen LogP contribution in [0.5, 0.6) is 0 Å². The summed E-state index contributed by atoms with van der Waals surface area (Å²) in [5, 5.41) is 6.21. The maximum absolute atomic E-state index is 11.9. The molecule has 1 amide bonds. The molecule has 0 rings (SSSR count). The highest BCUT2D eigenvalue weighted by Crippen LogP contribution is 2.19. The average molecular weight is 214 g/mol. The van der Waals surface area contributed by atoms with Crippen molar-refractivity contribution < 1.29 is 4.79 Å². The molecule has 0 heterocycles. The topological polar surface area (TPSA) is 41.1 Å². The van der Waals surface area contributed by atoms with Gasteiger partial charge in [-0.05, 0) is 26.3 Å². The van der Waals surface area contributed by atoms with Crippen LogP contribution >= 0.6 is 0 Å². The molecule has 0 aromatic carbocycles. The Kier molecular flexibility index (Phi) is 6.57. The monoisotopic (exact) mass is 214 g/mol. The molecule has 0 aromatic heterocycles. The summed E-state index contributed by atoms with van der Waals surface area (Å²) >= 11 is 0. The van der Waals surface area contributed by atoms with E-state index in [-0.39, 0.29) is 17.4 Å². The molecule has 0 radical (unpaired) electrons. The first-order valence-electron chi connectivity index (χ1n) is 6.01. The van der Waals surface area contributed by atoms with E-state index < -0.39 is 0 Å². The highest BCUT2D eigenvalue weighted by atomic mass is 16.2. The van der Waals surface area contributed by atoms with Gasteiger partial charge in [-0.25, -0.2) is 0 Å². The number of carbonyl (C=O) groups excluding carboxylic acids is 1. The highest BCUT2D eigenvalue weighted by Gasteiger charge is 2.27. The van der Waals surface area contributed by atoms with Crippen LogP contribution in [0.3, 0.4) is 0 Å². The second-order valence-corrected chi connectivity index (χ2v) is 4.29. The van der Waals surface area contributed by atoms with Crippen molar-refractivity contribution >= 4 is 5.91 Å². The zero-order valence-electron chi connectivity index (χ0n) is 10.8. The molecule has 1 atom stereocenters. The quantitative estimate of drug-likeness (QED) is 0.680. The van der Waals surface area contributed by atoms with Gasteiger partial charge in [0.1, 0.15) is 0 Å². The fourth-order valence-electron chi connectivity index (χ4n) is 1.80. The third-order valence-electron chi connectivity index (χ3n) is 3.38. The van der Waals surface area contributed by atoms with Crippen molar-refractivity contribution in [1.82, 2.24) is 10.6 Å². The van der Waals surface area contributed by atoms with E-state index in [1.54, 1.807) is 0 Å². The molecule has 3 nitrogen and oxygen atoms in total. The Labute approximate surface area is 94.0 Å². The van der Waals surface area contributed by atoms with E-state index in [4.69, 9.17) is 0 Å². The van der Waals surface area contributed by atoms with E-state index in [2.05, 4.69) is 31.4 Å². The minimum absolute atomic E-state index is 0.000908. The molecule has 15 heavy (non-hydrogen) atoms. The lowest BCUT2D eigenvalue weighted by atomic mass is 9.89. The van der Waals surface area contributed by atoms with Crippen molar-refractivity contribution in [3.63, 3.8) is 0 Å². The van der Waals surface area contributed by atoms with Crippen LogP contribution in [0.2, 0.25) is 0 Å². The Bertz CT molecular complexity index is 180. The van der Waals surface area contributed by atoms with Gasteiger partial charge in [-0.3, -0.25) is 4.79 Å². The van der Waals surface area contributed by atoms with Crippen molar-refractivity contribution in [2.45, 2.75) is 52.5 Å². The van der Waals surface area contributed by atoms with E-state index in [9.17, 15) is 4.79 Å². The summed E-state index contributed by atoms with van der Waals surface area (Å²) in [6.07, 6.45) is 2.99. The minimum Gasteiger partial charge on any atom is -0.350 e. The molecule has 3 heteroatoms. The van der Waals surface area contributed by atoms with E-state index >= 15 is 0 Å². The van der Waals surface area contributed by atoms with Gasteiger partial charge in [0.15, 0.2) is 0 Å². The number of nitrogens with one attached hydrogen (secondary N) is 2. The molecule has 0 aliphatic heterocycles. The van der Waals surface area contributed by atoms with E-state index in [1.807, 2.05) is 14.0 Å². The van der Waals surface area contributed by atoms with Gasteiger partial charge in [-0.15, -0.1) is 0 Å². The van der Waals surface area contributed by atoms with Crippen LogP contribution in [0.1, 0.15) is 47.0 Å². The van der Waals surface area contributed by atoms with E-state index in [1.165, 1.54) is 0 Å². The zero-order chi connectivity index (χ0) is 11.9. The van der Waals surface area contributed by atoms with Gasteiger partial charge in [0.2, 0.25) is 5.91 Å². The molecule has 1 unspecified atom stereocenters. The summed E-state index contributed by atoms with van der Waals surface area (Å²) in [6.45, 7) is 9.10. The molecule has 0 spiro atoms. The second-order valence-electron chi connectivity index (χ2n) is 4.29. The van der Waals surface area contributed by atoms with Gasteiger partial charge in [0, 0.05) is 18.0 Å². The van der Waals surface area contributed by atoms with Gasteiger partial charge < -0.3 is 10.6 Å². The molecule has 90 valence electrons. The molecule has 0 aliphatic rings. The maximum Gasteiger partial charge on any atom is 0.224 e. The van der Waals surface area contributed by atoms with Gasteiger partial charge >= 0.3 is 0 Å². The van der Waals surface area contributed by atoms with Crippen LogP contribution in [0.15, 0.2) is 0 Å². The molecule has 0 aromatic rings. The molecule has 0 bridgehead atoms. The van der Waals surface area contributed by atoms with Crippen LogP contribution in [-0.2, 0) is 4.79 Å². The van der Waals surface area contributed by atoms with Crippen molar-refractivity contribution in [1.29, 1.82) is 0 Å². The molecular weight excluding hydrogens is 188 g/mol. The van der Waals surface area contributed by atoms with Crippen molar-refractivity contribution in [2.75, 3.05) is 13.6 Å². The average Bonchev–Trinajstić information content (AvgIpc) is 2.26. The molecule has 0 saturated carbocycles. The molecule has 0 saturated heterocycles. The molecule has 0 aliphatic carbocycles. The predicted octanol–water partition coefficient (Wildman–Crippen LogP) is 1.93. The standard InChI is InChI=1S/C12H26N2O/c1-6-12(7-2,8-3)14-11(15)10(4)9-13-5/h10,13H,6-9H2,1-5H3,(H,14,15). The van der Waals surface area contributed by atoms with Crippen molar-refractivity contribution in [2.24, 2.45) is 5.92 Å². The van der Waals surface area contributed by atoms with Gasteiger partial charge in [0.05, 0.1) is 0 Å². The summed E-state index contributed by atoms with van der Waals surface area (Å²) in [5.41, 5.74) is -0.000908. The summed E-state index contributed by atoms with van der Waals surface area (Å²) in [4.78, 5) is 11.9. The zero-order valence-corrected chi connectivity index (χ0v) is 10.8. The second kappa shape index (κ2) is 6.83. The van der Waals surface area contributed by atoms with E-state index in [0.29, 0.717) is 0 Å². The number of hydrogen-bond acceptors (Lipinski definition) is 2. The summed E-state index contributed by atoms with van der Waals surface area (Å²) < 4.78 is 0. The lowest BCUT2D eigenvalue weighted by Crippen LogP contribution is -2.50. The molecular formula is C12H26N2O. The Balaban J connectivity index is 4.34. The highest BCUT2D eigenvalue weighted by molar-refractivity contribution is 5.79. The minimum atomic E-state index is -0.000908. The summed E-state index contributed by atoms with van der Waals surface area (Å²) in [6, 6.07) is 0. The molecule has 2 N–H and O–H groups in total. The number of carbonyl (C=O) groups is 1. The predicted molar refractivity (Wildman–Crippen MR) is 64.8 cm³/mol. The first kappa shape index (κ1) is 14.4.